The van der Waals surface area contributed by atoms with Gasteiger partial charge in [0.15, 0.2) is 0 Å². The van der Waals surface area contributed by atoms with Crippen molar-refractivity contribution >= 4 is 5.91 Å². The van der Waals surface area contributed by atoms with E-state index >= 15 is 0 Å². The minimum absolute atomic E-state index is 0.137. The van der Waals surface area contributed by atoms with E-state index in [1.807, 2.05) is 0 Å². The molecule has 0 saturated heterocycles. The number of amides is 1. The Hall–Kier alpha value is -0.570. The molecule has 0 aromatic carbocycles. The predicted molar refractivity (Wildman–Crippen MR) is 37.2 cm³/mol. The number of hydrogen-bond donors (Lipinski definition) is 2. The van der Waals surface area contributed by atoms with Gasteiger partial charge in [0.25, 0.3) is 0 Å². The Balaban J connectivity index is 2.33. The molecule has 3 N–H and O–H groups in total. The first-order chi connectivity index (χ1) is 4.70. The summed E-state index contributed by atoms with van der Waals surface area (Å²) in [6, 6.07) is 0. The summed E-state index contributed by atoms with van der Waals surface area (Å²) < 4.78 is 0. The highest BCUT2D eigenvalue weighted by molar-refractivity contribution is 5.74. The number of carbonyl (C=O) groups is 1. The molecule has 3 nitrogen and oxygen atoms in total. The largest absolute Gasteiger partial charge is 0.393 e. The SMILES string of the molecule is NC(=O)CC1CCCC1O. The maximum absolute atomic E-state index is 10.4. The fourth-order valence-corrected chi connectivity index (χ4v) is 1.51. The Bertz CT molecular complexity index is 136. The summed E-state index contributed by atoms with van der Waals surface area (Å²) in [6.45, 7) is 0. The van der Waals surface area contributed by atoms with Gasteiger partial charge < -0.3 is 10.8 Å². The Labute approximate surface area is 60.2 Å². The zero-order valence-electron chi connectivity index (χ0n) is 5.92. The van der Waals surface area contributed by atoms with E-state index in [2.05, 4.69) is 0 Å². The zero-order chi connectivity index (χ0) is 7.56. The highest BCUT2D eigenvalue weighted by Crippen LogP contribution is 2.27. The van der Waals surface area contributed by atoms with Crippen LogP contribution >= 0.6 is 0 Å². The van der Waals surface area contributed by atoms with Crippen LogP contribution < -0.4 is 5.73 Å². The van der Waals surface area contributed by atoms with Gasteiger partial charge in [-0.2, -0.15) is 0 Å². The maximum atomic E-state index is 10.4. The van der Waals surface area contributed by atoms with Gasteiger partial charge in [0, 0.05) is 6.42 Å². The molecule has 0 heterocycles. The van der Waals surface area contributed by atoms with Crippen LogP contribution in [0.4, 0.5) is 0 Å². The number of nitrogens with two attached hydrogens (primary N) is 1. The van der Waals surface area contributed by atoms with E-state index in [-0.39, 0.29) is 17.9 Å². The number of rotatable bonds is 2. The summed E-state index contributed by atoms with van der Waals surface area (Å²) in [5.74, 6) is -0.163. The summed E-state index contributed by atoms with van der Waals surface area (Å²) in [7, 11) is 0. The van der Waals surface area contributed by atoms with Crippen LogP contribution in [0.3, 0.4) is 0 Å². The van der Waals surface area contributed by atoms with Crippen molar-refractivity contribution in [3.05, 3.63) is 0 Å². The predicted octanol–water partition coefficient (Wildman–Crippen LogP) is 0.0228. The number of aliphatic hydroxyl groups excluding tert-OH is 1. The second kappa shape index (κ2) is 3.01. The summed E-state index contributed by atoms with van der Waals surface area (Å²) in [4.78, 5) is 10.4. The Morgan fingerprint density at radius 3 is 2.70 bits per heavy atom. The molecule has 58 valence electrons. The van der Waals surface area contributed by atoms with Crippen LogP contribution in [0.15, 0.2) is 0 Å². The molecule has 0 aromatic rings. The summed E-state index contributed by atoms with van der Waals surface area (Å²) in [5, 5.41) is 9.23. The van der Waals surface area contributed by atoms with E-state index in [0.29, 0.717) is 6.42 Å². The third kappa shape index (κ3) is 1.70. The molecule has 1 rings (SSSR count). The van der Waals surface area contributed by atoms with Gasteiger partial charge in [-0.1, -0.05) is 6.42 Å². The minimum atomic E-state index is -0.300. The van der Waals surface area contributed by atoms with Crippen molar-refractivity contribution in [2.24, 2.45) is 11.7 Å². The lowest BCUT2D eigenvalue weighted by Gasteiger charge is -2.10. The monoisotopic (exact) mass is 143 g/mol. The fraction of sp³-hybridized carbons (Fsp3) is 0.857. The Morgan fingerprint density at radius 1 is 1.60 bits per heavy atom. The lowest BCUT2D eigenvalue weighted by atomic mass is 10.0. The van der Waals surface area contributed by atoms with Crippen LogP contribution in [0.25, 0.3) is 0 Å². The lowest BCUT2D eigenvalue weighted by Crippen LogP contribution is -2.21. The van der Waals surface area contributed by atoms with Crippen LogP contribution in [-0.4, -0.2) is 17.1 Å². The smallest absolute Gasteiger partial charge is 0.217 e. The topological polar surface area (TPSA) is 63.3 Å². The molecule has 1 aliphatic carbocycles. The Morgan fingerprint density at radius 2 is 2.30 bits per heavy atom. The van der Waals surface area contributed by atoms with E-state index in [0.717, 1.165) is 19.3 Å². The molecule has 0 bridgehead atoms. The van der Waals surface area contributed by atoms with Crippen LogP contribution in [0.1, 0.15) is 25.7 Å². The second-order valence-electron chi connectivity index (χ2n) is 2.93. The maximum Gasteiger partial charge on any atom is 0.217 e. The summed E-state index contributed by atoms with van der Waals surface area (Å²) >= 11 is 0. The van der Waals surface area contributed by atoms with Crippen molar-refractivity contribution in [2.45, 2.75) is 31.8 Å². The number of hydrogen-bond acceptors (Lipinski definition) is 2. The van der Waals surface area contributed by atoms with Crippen LogP contribution in [0.2, 0.25) is 0 Å². The van der Waals surface area contributed by atoms with Crippen molar-refractivity contribution in [1.29, 1.82) is 0 Å². The van der Waals surface area contributed by atoms with Gasteiger partial charge in [-0.05, 0) is 18.8 Å². The van der Waals surface area contributed by atoms with Crippen molar-refractivity contribution in [1.82, 2.24) is 0 Å². The fourth-order valence-electron chi connectivity index (χ4n) is 1.51. The third-order valence-corrected chi connectivity index (χ3v) is 2.08. The van der Waals surface area contributed by atoms with E-state index in [9.17, 15) is 9.90 Å². The molecule has 1 fully saturated rings. The quantitative estimate of drug-likeness (QED) is 0.572. The molecule has 2 atom stereocenters. The summed E-state index contributed by atoms with van der Waals surface area (Å²) in [6.07, 6.45) is 2.87. The van der Waals surface area contributed by atoms with Crippen molar-refractivity contribution < 1.29 is 9.90 Å². The van der Waals surface area contributed by atoms with E-state index < -0.39 is 0 Å². The standard InChI is InChI=1S/C7H13NO2/c8-7(10)4-5-2-1-3-6(5)9/h5-6,9H,1-4H2,(H2,8,10). The average molecular weight is 143 g/mol. The van der Waals surface area contributed by atoms with Crippen LogP contribution in [0, 0.1) is 5.92 Å². The molecule has 0 aromatic heterocycles. The summed E-state index contributed by atoms with van der Waals surface area (Å²) in [5.41, 5.74) is 4.98. The first-order valence-corrected chi connectivity index (χ1v) is 3.66. The number of aliphatic hydroxyl groups is 1. The second-order valence-corrected chi connectivity index (χ2v) is 2.93. The highest BCUT2D eigenvalue weighted by Gasteiger charge is 2.26. The molecular weight excluding hydrogens is 130 g/mol. The minimum Gasteiger partial charge on any atom is -0.393 e. The molecule has 0 aliphatic heterocycles. The number of carbonyl (C=O) groups excluding carboxylic acids is 1. The van der Waals surface area contributed by atoms with Crippen molar-refractivity contribution in [3.63, 3.8) is 0 Å². The van der Waals surface area contributed by atoms with Gasteiger partial charge >= 0.3 is 0 Å². The Kier molecular flexibility index (Phi) is 2.27. The molecular formula is C7H13NO2. The molecule has 1 amide bonds. The lowest BCUT2D eigenvalue weighted by molar-refractivity contribution is -0.119. The van der Waals surface area contributed by atoms with Gasteiger partial charge in [0.05, 0.1) is 6.10 Å². The van der Waals surface area contributed by atoms with Crippen LogP contribution in [-0.2, 0) is 4.79 Å². The van der Waals surface area contributed by atoms with Crippen LogP contribution in [0.5, 0.6) is 0 Å². The van der Waals surface area contributed by atoms with Crippen molar-refractivity contribution in [3.8, 4) is 0 Å². The molecule has 3 heteroatoms. The van der Waals surface area contributed by atoms with Gasteiger partial charge in [0.1, 0.15) is 0 Å². The van der Waals surface area contributed by atoms with Gasteiger partial charge in [-0.3, -0.25) is 4.79 Å². The third-order valence-electron chi connectivity index (χ3n) is 2.08. The van der Waals surface area contributed by atoms with E-state index in [1.54, 1.807) is 0 Å². The highest BCUT2D eigenvalue weighted by atomic mass is 16.3. The van der Waals surface area contributed by atoms with E-state index in [4.69, 9.17) is 5.73 Å². The molecule has 10 heavy (non-hydrogen) atoms. The van der Waals surface area contributed by atoms with Crippen molar-refractivity contribution in [2.75, 3.05) is 0 Å². The van der Waals surface area contributed by atoms with Gasteiger partial charge in [-0.25, -0.2) is 0 Å². The molecule has 0 radical (unpaired) electrons. The number of primary amides is 1. The van der Waals surface area contributed by atoms with Gasteiger partial charge in [0.2, 0.25) is 5.91 Å². The molecule has 0 spiro atoms. The molecule has 2 unspecified atom stereocenters. The first-order valence-electron chi connectivity index (χ1n) is 3.66. The van der Waals surface area contributed by atoms with Gasteiger partial charge in [-0.15, -0.1) is 0 Å². The first kappa shape index (κ1) is 7.54. The molecule has 1 saturated carbocycles. The molecule has 1 aliphatic rings. The normalized spacial score (nSPS) is 32.5. The average Bonchev–Trinajstić information content (AvgIpc) is 2.15. The zero-order valence-corrected chi connectivity index (χ0v) is 5.92. The van der Waals surface area contributed by atoms with E-state index in [1.165, 1.54) is 0 Å².